The molecule has 3 heterocycles. The number of nitrogens with two attached hydrogens (primary N) is 1. The van der Waals surface area contributed by atoms with Gasteiger partial charge < -0.3 is 16.0 Å². The van der Waals surface area contributed by atoms with Crippen molar-refractivity contribution >= 4 is 34.7 Å². The van der Waals surface area contributed by atoms with Crippen LogP contribution in [0.3, 0.4) is 0 Å². The first-order chi connectivity index (χ1) is 12.1. The summed E-state index contributed by atoms with van der Waals surface area (Å²) in [5.74, 6) is 1.22. The lowest BCUT2D eigenvalue weighted by atomic mass is 10.3. The van der Waals surface area contributed by atoms with Crippen molar-refractivity contribution in [2.75, 3.05) is 17.2 Å². The fourth-order valence-corrected chi connectivity index (χ4v) is 3.12. The first kappa shape index (κ1) is 17.0. The topological polar surface area (TPSA) is 130 Å². The Morgan fingerprint density at radius 2 is 2.08 bits per heavy atom. The number of thioether (sulfide) groups is 1. The van der Waals surface area contributed by atoms with Gasteiger partial charge in [-0.3, -0.25) is 19.6 Å². The second-order valence-corrected chi connectivity index (χ2v) is 6.55. The molecular weight excluding hydrogens is 340 g/mol. The molecule has 0 aliphatic heterocycles. The van der Waals surface area contributed by atoms with Gasteiger partial charge >= 0.3 is 0 Å². The first-order valence-corrected chi connectivity index (χ1v) is 8.88. The molecule has 0 spiro atoms. The van der Waals surface area contributed by atoms with Crippen LogP contribution >= 0.6 is 11.8 Å². The molecule has 5 N–H and O–H groups in total. The number of pyridine rings is 1. The summed E-state index contributed by atoms with van der Waals surface area (Å²) >= 11 is 1.53. The molecule has 0 bridgehead atoms. The molecule has 1 amide bonds. The number of carbonyl (C=O) groups excluding carboxylic acids is 1. The van der Waals surface area contributed by atoms with E-state index < -0.39 is 0 Å². The number of amides is 1. The molecular formula is C16H18N6O2S. The average molecular weight is 358 g/mol. The molecule has 0 aliphatic rings. The SMILES string of the molecule is Nc1nc2[nH]c(CCSCC(=O)NCc3ccncc3)cc2c(=O)[nH]1. The lowest BCUT2D eigenvalue weighted by Crippen LogP contribution is -2.24. The number of aromatic amines is 2. The summed E-state index contributed by atoms with van der Waals surface area (Å²) in [5, 5.41) is 3.36. The summed E-state index contributed by atoms with van der Waals surface area (Å²) in [6.45, 7) is 0.500. The third-order valence-corrected chi connectivity index (χ3v) is 4.52. The van der Waals surface area contributed by atoms with Crippen LogP contribution < -0.4 is 16.6 Å². The van der Waals surface area contributed by atoms with Crippen molar-refractivity contribution in [2.24, 2.45) is 0 Å². The normalized spacial score (nSPS) is 10.9. The fraction of sp³-hybridized carbons (Fsp3) is 0.250. The van der Waals surface area contributed by atoms with E-state index >= 15 is 0 Å². The third kappa shape index (κ3) is 4.60. The van der Waals surface area contributed by atoms with E-state index in [2.05, 4.69) is 25.3 Å². The monoisotopic (exact) mass is 358 g/mol. The Balaban J connectivity index is 1.43. The Morgan fingerprint density at radius 1 is 1.28 bits per heavy atom. The molecule has 25 heavy (non-hydrogen) atoms. The smallest absolute Gasteiger partial charge is 0.261 e. The number of aryl methyl sites for hydroxylation is 1. The number of nitrogens with one attached hydrogen (secondary N) is 3. The zero-order valence-corrected chi connectivity index (χ0v) is 14.2. The third-order valence-electron chi connectivity index (χ3n) is 3.56. The number of anilines is 1. The zero-order valence-electron chi connectivity index (χ0n) is 13.4. The number of nitrogen functional groups attached to an aromatic ring is 1. The molecule has 0 aliphatic carbocycles. The minimum atomic E-state index is -0.256. The van der Waals surface area contributed by atoms with Crippen LogP contribution in [0, 0.1) is 0 Å². The highest BCUT2D eigenvalue weighted by Crippen LogP contribution is 2.12. The molecule has 9 heteroatoms. The highest BCUT2D eigenvalue weighted by atomic mass is 32.2. The van der Waals surface area contributed by atoms with Crippen LogP contribution in [-0.4, -0.2) is 37.3 Å². The number of rotatable bonds is 7. The van der Waals surface area contributed by atoms with Gasteiger partial charge in [-0.1, -0.05) is 0 Å². The number of carbonyl (C=O) groups is 1. The van der Waals surface area contributed by atoms with Gasteiger partial charge in [-0.05, 0) is 35.9 Å². The standard InChI is InChI=1S/C16H18N6O2S/c17-16-21-14-12(15(24)22-16)7-11(20-14)3-6-25-9-13(23)19-8-10-1-4-18-5-2-10/h1-2,4-5,7H,3,6,8-9H2,(H,19,23)(H4,17,20,21,22,24). The summed E-state index contributed by atoms with van der Waals surface area (Å²) < 4.78 is 0. The molecule has 0 radical (unpaired) electrons. The molecule has 8 nitrogen and oxygen atoms in total. The highest BCUT2D eigenvalue weighted by molar-refractivity contribution is 7.99. The average Bonchev–Trinajstić information content (AvgIpc) is 3.01. The Bertz CT molecular complexity index is 921. The van der Waals surface area contributed by atoms with Gasteiger partial charge in [-0.25, -0.2) is 0 Å². The first-order valence-electron chi connectivity index (χ1n) is 7.72. The summed E-state index contributed by atoms with van der Waals surface area (Å²) in [7, 11) is 0. The predicted octanol–water partition coefficient (Wildman–Crippen LogP) is 0.820. The molecule has 0 atom stereocenters. The molecule has 0 unspecified atom stereocenters. The zero-order chi connectivity index (χ0) is 17.6. The molecule has 0 fully saturated rings. The van der Waals surface area contributed by atoms with Crippen LogP contribution in [0.4, 0.5) is 5.95 Å². The van der Waals surface area contributed by atoms with Crippen LogP contribution in [0.2, 0.25) is 0 Å². The lowest BCUT2D eigenvalue weighted by Gasteiger charge is -2.04. The molecule has 0 saturated heterocycles. The lowest BCUT2D eigenvalue weighted by molar-refractivity contribution is -0.118. The van der Waals surface area contributed by atoms with Crippen molar-refractivity contribution in [1.29, 1.82) is 0 Å². The fourth-order valence-electron chi connectivity index (χ4n) is 2.33. The minimum Gasteiger partial charge on any atom is -0.369 e. The van der Waals surface area contributed by atoms with Crippen molar-refractivity contribution in [3.05, 3.63) is 52.2 Å². The van der Waals surface area contributed by atoms with Gasteiger partial charge in [-0.2, -0.15) is 16.7 Å². The largest absolute Gasteiger partial charge is 0.369 e. The molecule has 3 rings (SSSR count). The van der Waals surface area contributed by atoms with E-state index in [9.17, 15) is 9.59 Å². The van der Waals surface area contributed by atoms with E-state index in [1.807, 2.05) is 12.1 Å². The maximum absolute atomic E-state index is 11.8. The summed E-state index contributed by atoms with van der Waals surface area (Å²) in [4.78, 5) is 37.1. The van der Waals surface area contributed by atoms with E-state index in [1.165, 1.54) is 11.8 Å². The van der Waals surface area contributed by atoms with Gasteiger partial charge in [0.25, 0.3) is 5.56 Å². The van der Waals surface area contributed by atoms with Gasteiger partial charge in [0.1, 0.15) is 5.65 Å². The molecule has 0 saturated carbocycles. The van der Waals surface area contributed by atoms with Crippen molar-refractivity contribution in [3.63, 3.8) is 0 Å². The van der Waals surface area contributed by atoms with Gasteiger partial charge in [0.05, 0.1) is 11.1 Å². The summed E-state index contributed by atoms with van der Waals surface area (Å²) in [6.07, 6.45) is 4.10. The van der Waals surface area contributed by atoms with Crippen LogP contribution in [0.25, 0.3) is 11.0 Å². The van der Waals surface area contributed by atoms with Gasteiger partial charge in [0.15, 0.2) is 0 Å². The van der Waals surface area contributed by atoms with E-state index in [-0.39, 0.29) is 17.4 Å². The maximum Gasteiger partial charge on any atom is 0.261 e. The minimum absolute atomic E-state index is 0.00987. The predicted molar refractivity (Wildman–Crippen MR) is 98.2 cm³/mol. The Kier molecular flexibility index (Phi) is 5.34. The van der Waals surface area contributed by atoms with Crippen LogP contribution in [-0.2, 0) is 17.8 Å². The van der Waals surface area contributed by atoms with Gasteiger partial charge in [0, 0.05) is 24.6 Å². The number of nitrogens with zero attached hydrogens (tertiary/aromatic N) is 2. The Morgan fingerprint density at radius 3 is 2.88 bits per heavy atom. The van der Waals surface area contributed by atoms with Crippen LogP contribution in [0.5, 0.6) is 0 Å². The molecule has 130 valence electrons. The van der Waals surface area contributed by atoms with E-state index in [0.717, 1.165) is 17.0 Å². The number of fused-ring (bicyclic) bond motifs is 1. The summed E-state index contributed by atoms with van der Waals surface area (Å²) in [6, 6.07) is 5.50. The van der Waals surface area contributed by atoms with Crippen LogP contribution in [0.15, 0.2) is 35.4 Å². The molecule has 3 aromatic heterocycles. The quantitative estimate of drug-likeness (QED) is 0.463. The van der Waals surface area contributed by atoms with Crippen molar-refractivity contribution in [2.45, 2.75) is 13.0 Å². The van der Waals surface area contributed by atoms with Crippen molar-refractivity contribution < 1.29 is 4.79 Å². The number of hydrogen-bond acceptors (Lipinski definition) is 6. The Labute approximate surface area is 147 Å². The van der Waals surface area contributed by atoms with Crippen molar-refractivity contribution in [3.8, 4) is 0 Å². The van der Waals surface area contributed by atoms with Gasteiger partial charge in [0.2, 0.25) is 11.9 Å². The highest BCUT2D eigenvalue weighted by Gasteiger charge is 2.07. The van der Waals surface area contributed by atoms with Gasteiger partial charge in [-0.15, -0.1) is 0 Å². The Hall–Kier alpha value is -2.81. The molecule has 0 aromatic carbocycles. The van der Waals surface area contributed by atoms with E-state index in [1.54, 1.807) is 18.5 Å². The second kappa shape index (κ2) is 7.84. The number of aromatic nitrogens is 4. The second-order valence-electron chi connectivity index (χ2n) is 5.44. The number of H-pyrrole nitrogens is 2. The van der Waals surface area contributed by atoms with E-state index in [0.29, 0.717) is 29.8 Å². The number of hydrogen-bond donors (Lipinski definition) is 4. The molecule has 3 aromatic rings. The van der Waals surface area contributed by atoms with Crippen LogP contribution in [0.1, 0.15) is 11.3 Å². The van der Waals surface area contributed by atoms with E-state index in [4.69, 9.17) is 5.73 Å². The summed E-state index contributed by atoms with van der Waals surface area (Å²) in [5.41, 5.74) is 7.66. The maximum atomic E-state index is 11.8. The van der Waals surface area contributed by atoms with Crippen molar-refractivity contribution in [1.82, 2.24) is 25.3 Å².